The number of nitrogens with one attached hydrogen (secondary N) is 1. The van der Waals surface area contributed by atoms with Gasteiger partial charge in [0, 0.05) is 41.5 Å². The topological polar surface area (TPSA) is 38.1 Å². The van der Waals surface area contributed by atoms with Crippen molar-refractivity contribution in [1.82, 2.24) is 10.3 Å². The number of hydrogen-bond donors (Lipinski definition) is 1. The highest BCUT2D eigenvalue weighted by Crippen LogP contribution is 2.29. The third-order valence-corrected chi connectivity index (χ3v) is 4.59. The molecular weight excluding hydrogens is 292 g/mol. The molecule has 3 nitrogen and oxygen atoms in total. The van der Waals surface area contributed by atoms with Gasteiger partial charge in [-0.15, -0.1) is 11.3 Å². The Morgan fingerprint density at radius 3 is 3.05 bits per heavy atom. The third-order valence-electron chi connectivity index (χ3n) is 3.27. The summed E-state index contributed by atoms with van der Waals surface area (Å²) in [7, 11) is 0. The summed E-state index contributed by atoms with van der Waals surface area (Å²) in [6.45, 7) is 3.73. The van der Waals surface area contributed by atoms with Crippen molar-refractivity contribution < 1.29 is 4.42 Å². The number of hydrogen-bond acceptors (Lipinski definition) is 4. The summed E-state index contributed by atoms with van der Waals surface area (Å²) in [6.07, 6.45) is 1.84. The molecule has 0 bridgehead atoms. The first kappa shape index (κ1) is 13.6. The smallest absolute Gasteiger partial charge is 0.199 e. The Morgan fingerprint density at radius 2 is 2.25 bits per heavy atom. The lowest BCUT2D eigenvalue weighted by molar-refractivity contribution is 0.589. The van der Waals surface area contributed by atoms with E-state index in [9.17, 15) is 0 Å². The van der Waals surface area contributed by atoms with Gasteiger partial charge >= 0.3 is 0 Å². The normalized spacial score (nSPS) is 12.9. The van der Waals surface area contributed by atoms with Crippen LogP contribution in [-0.4, -0.2) is 11.5 Å². The van der Waals surface area contributed by atoms with E-state index in [0.717, 1.165) is 28.1 Å². The molecule has 2 heterocycles. The molecule has 0 radical (unpaired) electrons. The zero-order chi connectivity index (χ0) is 13.9. The number of furan rings is 1. The van der Waals surface area contributed by atoms with Gasteiger partial charge in [0.15, 0.2) is 5.22 Å². The van der Waals surface area contributed by atoms with Crippen LogP contribution >= 0.6 is 22.9 Å². The molecule has 1 atom stereocenters. The Bertz CT molecular complexity index is 693. The minimum Gasteiger partial charge on any atom is -0.444 e. The largest absolute Gasteiger partial charge is 0.444 e. The van der Waals surface area contributed by atoms with E-state index >= 15 is 0 Å². The Labute approximate surface area is 126 Å². The highest BCUT2D eigenvalue weighted by atomic mass is 35.5. The number of halogens is 1. The van der Waals surface area contributed by atoms with Gasteiger partial charge in [-0.05, 0) is 17.7 Å². The predicted molar refractivity (Wildman–Crippen MR) is 83.5 cm³/mol. The van der Waals surface area contributed by atoms with Crippen LogP contribution in [0.5, 0.6) is 0 Å². The van der Waals surface area contributed by atoms with Crippen LogP contribution in [0, 0.1) is 0 Å². The number of thiazole rings is 1. The first-order chi connectivity index (χ1) is 9.75. The predicted octanol–water partition coefficient (Wildman–Crippen LogP) is 4.44. The summed E-state index contributed by atoms with van der Waals surface area (Å²) in [4.78, 5) is 4.33. The summed E-state index contributed by atoms with van der Waals surface area (Å²) in [5.41, 5.74) is 1.86. The van der Waals surface area contributed by atoms with E-state index in [0.29, 0.717) is 17.7 Å². The molecule has 0 amide bonds. The zero-order valence-electron chi connectivity index (χ0n) is 11.1. The quantitative estimate of drug-likeness (QED) is 0.757. The van der Waals surface area contributed by atoms with Crippen LogP contribution in [0.15, 0.2) is 40.3 Å². The fourth-order valence-electron chi connectivity index (χ4n) is 2.21. The molecule has 3 aromatic rings. The maximum absolute atomic E-state index is 6.17. The zero-order valence-corrected chi connectivity index (χ0v) is 12.7. The fourth-order valence-corrected chi connectivity index (χ4v) is 3.16. The van der Waals surface area contributed by atoms with Gasteiger partial charge in [0.1, 0.15) is 5.58 Å². The number of rotatable bonds is 5. The van der Waals surface area contributed by atoms with E-state index in [1.807, 2.05) is 35.8 Å². The average Bonchev–Trinajstić information content (AvgIpc) is 3.07. The van der Waals surface area contributed by atoms with Crippen LogP contribution in [0.3, 0.4) is 0 Å². The number of benzene rings is 1. The van der Waals surface area contributed by atoms with E-state index in [4.69, 9.17) is 16.0 Å². The Kier molecular flexibility index (Phi) is 4.05. The van der Waals surface area contributed by atoms with E-state index in [1.165, 1.54) is 0 Å². The third kappa shape index (κ3) is 2.73. The summed E-state index contributed by atoms with van der Waals surface area (Å²) in [6, 6.07) is 7.91. The van der Waals surface area contributed by atoms with Crippen LogP contribution in [0.1, 0.15) is 23.4 Å². The van der Waals surface area contributed by atoms with Gasteiger partial charge < -0.3 is 9.73 Å². The van der Waals surface area contributed by atoms with Crippen molar-refractivity contribution >= 4 is 33.9 Å². The molecule has 0 spiro atoms. The monoisotopic (exact) mass is 306 g/mol. The number of para-hydroxylation sites is 1. The van der Waals surface area contributed by atoms with Crippen molar-refractivity contribution in [2.75, 3.05) is 6.54 Å². The molecule has 104 valence electrons. The molecule has 5 heteroatoms. The maximum atomic E-state index is 6.17. The van der Waals surface area contributed by atoms with E-state index in [-0.39, 0.29) is 0 Å². The van der Waals surface area contributed by atoms with Crippen molar-refractivity contribution in [1.29, 1.82) is 0 Å². The minimum absolute atomic E-state index is 0.395. The number of fused-ring (bicyclic) bond motifs is 1. The van der Waals surface area contributed by atoms with Gasteiger partial charge in [-0.1, -0.05) is 25.1 Å². The Balaban J connectivity index is 1.67. The van der Waals surface area contributed by atoms with Crippen molar-refractivity contribution in [2.45, 2.75) is 19.4 Å². The Morgan fingerprint density at radius 1 is 1.40 bits per heavy atom. The van der Waals surface area contributed by atoms with Crippen molar-refractivity contribution in [3.8, 4) is 0 Å². The second-order valence-electron chi connectivity index (χ2n) is 4.75. The summed E-state index contributed by atoms with van der Waals surface area (Å²) >= 11 is 7.85. The maximum Gasteiger partial charge on any atom is 0.199 e. The van der Waals surface area contributed by atoms with E-state index < -0.39 is 0 Å². The fraction of sp³-hybridized carbons (Fsp3) is 0.267. The lowest BCUT2D eigenvalue weighted by Gasteiger charge is -2.09. The highest BCUT2D eigenvalue weighted by molar-refractivity contribution is 7.09. The van der Waals surface area contributed by atoms with Gasteiger partial charge in [0.25, 0.3) is 0 Å². The number of aromatic nitrogens is 1. The van der Waals surface area contributed by atoms with E-state index in [2.05, 4.69) is 17.2 Å². The minimum atomic E-state index is 0.395. The number of nitrogens with zero attached hydrogens (tertiary/aromatic N) is 1. The molecule has 3 rings (SSSR count). The molecule has 20 heavy (non-hydrogen) atoms. The van der Waals surface area contributed by atoms with Gasteiger partial charge in [-0.3, -0.25) is 0 Å². The van der Waals surface area contributed by atoms with Crippen LogP contribution in [0.4, 0.5) is 0 Å². The highest BCUT2D eigenvalue weighted by Gasteiger charge is 2.13. The van der Waals surface area contributed by atoms with Crippen LogP contribution in [-0.2, 0) is 6.54 Å². The van der Waals surface area contributed by atoms with Crippen LogP contribution in [0.25, 0.3) is 11.0 Å². The molecule has 0 fully saturated rings. The molecule has 0 saturated carbocycles. The van der Waals surface area contributed by atoms with Crippen LogP contribution in [0.2, 0.25) is 5.22 Å². The lowest BCUT2D eigenvalue weighted by Crippen LogP contribution is -2.19. The average molecular weight is 307 g/mol. The lowest BCUT2D eigenvalue weighted by atomic mass is 10.1. The van der Waals surface area contributed by atoms with Crippen molar-refractivity contribution in [3.05, 3.63) is 51.6 Å². The summed E-state index contributed by atoms with van der Waals surface area (Å²) < 4.78 is 5.54. The Hall–Kier alpha value is -1.36. The molecule has 0 aliphatic carbocycles. The molecule has 2 aromatic heterocycles. The summed E-state index contributed by atoms with van der Waals surface area (Å²) in [5, 5.41) is 8.14. The molecule has 1 unspecified atom stereocenters. The molecule has 0 aliphatic rings. The molecular formula is C15H15ClN2OS. The first-order valence-corrected chi connectivity index (χ1v) is 7.77. The second kappa shape index (κ2) is 5.95. The molecule has 0 aliphatic heterocycles. The van der Waals surface area contributed by atoms with Gasteiger partial charge in [0.2, 0.25) is 0 Å². The van der Waals surface area contributed by atoms with Crippen LogP contribution < -0.4 is 5.32 Å². The molecule has 1 aromatic carbocycles. The van der Waals surface area contributed by atoms with Crippen molar-refractivity contribution in [3.63, 3.8) is 0 Å². The summed E-state index contributed by atoms with van der Waals surface area (Å²) in [5.74, 6) is 0.395. The molecule has 0 saturated heterocycles. The van der Waals surface area contributed by atoms with Gasteiger partial charge in [-0.2, -0.15) is 0 Å². The SMILES string of the molecule is CC(CNCc1c(Cl)oc2ccccc12)c1nccs1. The van der Waals surface area contributed by atoms with Gasteiger partial charge in [-0.25, -0.2) is 4.98 Å². The standard InChI is InChI=1S/C15H15ClN2OS/c1-10(15-18-6-7-20-15)8-17-9-12-11-4-2-3-5-13(11)19-14(12)16/h2-7,10,17H,8-9H2,1H3. The van der Waals surface area contributed by atoms with Crippen molar-refractivity contribution in [2.24, 2.45) is 0 Å². The van der Waals surface area contributed by atoms with Gasteiger partial charge in [0.05, 0.1) is 5.01 Å². The first-order valence-electron chi connectivity index (χ1n) is 6.51. The second-order valence-corrected chi connectivity index (χ2v) is 6.02. The van der Waals surface area contributed by atoms with E-state index in [1.54, 1.807) is 11.3 Å². The molecule has 1 N–H and O–H groups in total.